The van der Waals surface area contributed by atoms with E-state index in [1.807, 2.05) is 18.6 Å². The first-order valence-electron chi connectivity index (χ1n) is 5.51. The molecule has 0 amide bonds. The third kappa shape index (κ3) is 2.30. The van der Waals surface area contributed by atoms with Gasteiger partial charge in [-0.05, 0) is 0 Å². The summed E-state index contributed by atoms with van der Waals surface area (Å²) in [5.74, 6) is 6.53. The molecule has 0 atom stereocenters. The molecule has 0 bridgehead atoms. The summed E-state index contributed by atoms with van der Waals surface area (Å²) in [5, 5.41) is 6.76. The summed E-state index contributed by atoms with van der Waals surface area (Å²) in [6.45, 7) is 0. The summed E-state index contributed by atoms with van der Waals surface area (Å²) in [4.78, 5) is 13.0. The lowest BCUT2D eigenvalue weighted by molar-refractivity contribution is 0.768. The maximum atomic E-state index is 5.45. The number of nitrogen functional groups attached to an aromatic ring is 1. The Morgan fingerprint density at radius 3 is 2.89 bits per heavy atom. The fraction of sp³-hybridized carbons (Fsp3) is 0.0909. The zero-order valence-corrected chi connectivity index (χ0v) is 10.9. The molecule has 7 nitrogen and oxygen atoms in total. The van der Waals surface area contributed by atoms with Crippen molar-refractivity contribution in [1.29, 1.82) is 0 Å². The normalized spacial score (nSPS) is 10.6. The average Bonchev–Trinajstić information content (AvgIpc) is 3.09. The number of rotatable bonds is 3. The minimum Gasteiger partial charge on any atom is -0.308 e. The van der Waals surface area contributed by atoms with E-state index in [2.05, 4.69) is 25.5 Å². The summed E-state index contributed by atoms with van der Waals surface area (Å²) >= 11 is 1.48. The van der Waals surface area contributed by atoms with Crippen LogP contribution in [0.4, 0.5) is 5.82 Å². The van der Waals surface area contributed by atoms with Crippen LogP contribution in [0.25, 0.3) is 22.1 Å². The minimum absolute atomic E-state index is 0.541. The molecule has 0 aliphatic rings. The Labute approximate surface area is 113 Å². The highest BCUT2D eigenvalue weighted by molar-refractivity contribution is 7.13. The van der Waals surface area contributed by atoms with Crippen LogP contribution in [-0.2, 0) is 7.05 Å². The third-order valence-corrected chi connectivity index (χ3v) is 3.27. The van der Waals surface area contributed by atoms with Crippen molar-refractivity contribution < 1.29 is 0 Å². The maximum absolute atomic E-state index is 5.45. The van der Waals surface area contributed by atoms with Gasteiger partial charge >= 0.3 is 0 Å². The summed E-state index contributed by atoms with van der Waals surface area (Å²) in [6, 6.07) is 1.77. The Hall–Kier alpha value is -2.32. The Kier molecular flexibility index (Phi) is 2.94. The first-order valence-corrected chi connectivity index (χ1v) is 6.39. The zero-order valence-electron chi connectivity index (χ0n) is 10.1. The second-order valence-corrected chi connectivity index (χ2v) is 4.74. The van der Waals surface area contributed by atoms with Gasteiger partial charge in [-0.3, -0.25) is 4.68 Å². The van der Waals surface area contributed by atoms with Gasteiger partial charge in [-0.25, -0.2) is 20.8 Å². The van der Waals surface area contributed by atoms with Gasteiger partial charge in [-0.2, -0.15) is 5.10 Å². The van der Waals surface area contributed by atoms with Crippen LogP contribution in [0.5, 0.6) is 0 Å². The number of hydrogen-bond acceptors (Lipinski definition) is 7. The van der Waals surface area contributed by atoms with Gasteiger partial charge in [0, 0.05) is 36.5 Å². The molecular weight excluding hydrogens is 262 g/mol. The number of nitrogens with zero attached hydrogens (tertiary/aromatic N) is 5. The second-order valence-electron chi connectivity index (χ2n) is 3.85. The lowest BCUT2D eigenvalue weighted by atomic mass is 10.2. The Morgan fingerprint density at radius 1 is 1.37 bits per heavy atom. The molecule has 3 aromatic rings. The van der Waals surface area contributed by atoms with Gasteiger partial charge in [0.15, 0.2) is 10.8 Å². The monoisotopic (exact) mass is 273 g/mol. The summed E-state index contributed by atoms with van der Waals surface area (Å²) in [5.41, 5.74) is 4.20. The first kappa shape index (κ1) is 11.8. The number of aryl methyl sites for hydroxylation is 1. The molecule has 0 saturated heterocycles. The van der Waals surface area contributed by atoms with Crippen molar-refractivity contribution in [1.82, 2.24) is 24.7 Å². The van der Waals surface area contributed by atoms with Crippen molar-refractivity contribution in [3.8, 4) is 22.1 Å². The second kappa shape index (κ2) is 4.75. The maximum Gasteiger partial charge on any atom is 0.191 e. The largest absolute Gasteiger partial charge is 0.308 e. The van der Waals surface area contributed by atoms with E-state index in [-0.39, 0.29) is 0 Å². The predicted octanol–water partition coefficient (Wildman–Crippen LogP) is 1.29. The number of nitrogens with one attached hydrogen (secondary N) is 1. The summed E-state index contributed by atoms with van der Waals surface area (Å²) in [6.07, 6.45) is 5.35. The quantitative estimate of drug-likeness (QED) is 0.551. The molecule has 0 fully saturated rings. The van der Waals surface area contributed by atoms with Gasteiger partial charge in [0.1, 0.15) is 5.82 Å². The van der Waals surface area contributed by atoms with Crippen LogP contribution < -0.4 is 11.3 Å². The van der Waals surface area contributed by atoms with Crippen LogP contribution in [0.2, 0.25) is 0 Å². The summed E-state index contributed by atoms with van der Waals surface area (Å²) < 4.78 is 1.72. The van der Waals surface area contributed by atoms with E-state index in [9.17, 15) is 0 Å². The van der Waals surface area contributed by atoms with Gasteiger partial charge in [0.05, 0.1) is 11.9 Å². The fourth-order valence-corrected chi connectivity index (χ4v) is 2.22. The van der Waals surface area contributed by atoms with Crippen molar-refractivity contribution in [2.45, 2.75) is 0 Å². The van der Waals surface area contributed by atoms with Crippen LogP contribution in [0, 0.1) is 0 Å². The van der Waals surface area contributed by atoms with Crippen molar-refractivity contribution in [2.24, 2.45) is 12.9 Å². The molecule has 0 radical (unpaired) electrons. The highest BCUT2D eigenvalue weighted by Crippen LogP contribution is 2.24. The van der Waals surface area contributed by atoms with Crippen molar-refractivity contribution in [3.63, 3.8) is 0 Å². The van der Waals surface area contributed by atoms with Crippen molar-refractivity contribution in [3.05, 3.63) is 30.0 Å². The van der Waals surface area contributed by atoms with E-state index < -0.39 is 0 Å². The van der Waals surface area contributed by atoms with E-state index in [1.54, 1.807) is 23.1 Å². The van der Waals surface area contributed by atoms with Crippen LogP contribution in [0.1, 0.15) is 0 Å². The highest BCUT2D eigenvalue weighted by atomic mass is 32.1. The van der Waals surface area contributed by atoms with Gasteiger partial charge < -0.3 is 5.43 Å². The number of aromatic nitrogens is 5. The number of anilines is 1. The van der Waals surface area contributed by atoms with Crippen LogP contribution in [-0.4, -0.2) is 24.7 Å². The van der Waals surface area contributed by atoms with E-state index >= 15 is 0 Å². The molecule has 0 saturated carbocycles. The van der Waals surface area contributed by atoms with Gasteiger partial charge in [-0.15, -0.1) is 11.3 Å². The fourth-order valence-electron chi connectivity index (χ4n) is 1.65. The Balaban J connectivity index is 2.12. The number of hydrazine groups is 1. The molecule has 3 rings (SSSR count). The average molecular weight is 273 g/mol. The standard InChI is InChI=1S/C11H11N7S/c1-18-6-7(5-14-18)8-4-9(17-12)16-10(15-8)11-13-2-3-19-11/h2-6H,12H2,1H3,(H,15,16,17). The molecule has 0 unspecified atom stereocenters. The van der Waals surface area contributed by atoms with Crippen molar-refractivity contribution in [2.75, 3.05) is 5.43 Å². The van der Waals surface area contributed by atoms with Crippen LogP contribution in [0.3, 0.4) is 0 Å². The lowest BCUT2D eigenvalue weighted by Crippen LogP contribution is -2.09. The van der Waals surface area contributed by atoms with Crippen molar-refractivity contribution >= 4 is 17.2 Å². The molecular formula is C11H11N7S. The molecule has 0 aliphatic heterocycles. The molecule has 0 aromatic carbocycles. The van der Waals surface area contributed by atoms with Gasteiger partial charge in [0.25, 0.3) is 0 Å². The molecule has 0 spiro atoms. The van der Waals surface area contributed by atoms with E-state index in [0.717, 1.165) is 16.3 Å². The number of thiazole rings is 1. The number of hydrogen-bond donors (Lipinski definition) is 2. The molecule has 8 heteroatoms. The SMILES string of the molecule is Cn1cc(-c2cc(NN)nc(-c3nccs3)n2)cn1. The predicted molar refractivity (Wildman–Crippen MR) is 73.2 cm³/mol. The van der Waals surface area contributed by atoms with Crippen LogP contribution in [0.15, 0.2) is 30.0 Å². The lowest BCUT2D eigenvalue weighted by Gasteiger charge is -2.04. The summed E-state index contributed by atoms with van der Waals surface area (Å²) in [7, 11) is 1.86. The topological polar surface area (TPSA) is 94.5 Å². The van der Waals surface area contributed by atoms with E-state index in [4.69, 9.17) is 5.84 Å². The molecule has 3 aromatic heterocycles. The molecule has 3 N–H and O–H groups in total. The highest BCUT2D eigenvalue weighted by Gasteiger charge is 2.11. The minimum atomic E-state index is 0.541. The Bertz CT molecular complexity index is 689. The first-order chi connectivity index (χ1) is 9.26. The molecule has 0 aliphatic carbocycles. The molecule has 3 heterocycles. The smallest absolute Gasteiger partial charge is 0.191 e. The van der Waals surface area contributed by atoms with E-state index in [0.29, 0.717) is 11.6 Å². The third-order valence-electron chi connectivity index (χ3n) is 2.50. The Morgan fingerprint density at radius 2 is 2.26 bits per heavy atom. The van der Waals surface area contributed by atoms with Crippen LogP contribution >= 0.6 is 11.3 Å². The zero-order chi connectivity index (χ0) is 13.2. The number of nitrogens with two attached hydrogens (primary N) is 1. The van der Waals surface area contributed by atoms with E-state index in [1.165, 1.54) is 11.3 Å². The van der Waals surface area contributed by atoms with Gasteiger partial charge in [0.2, 0.25) is 0 Å². The molecule has 96 valence electrons. The van der Waals surface area contributed by atoms with Gasteiger partial charge in [-0.1, -0.05) is 0 Å². The molecule has 19 heavy (non-hydrogen) atoms.